The Morgan fingerprint density at radius 3 is 2.29 bits per heavy atom. The molecule has 0 unspecified atom stereocenters. The van der Waals surface area contributed by atoms with E-state index in [1.807, 2.05) is 6.07 Å². The van der Waals surface area contributed by atoms with Crippen molar-refractivity contribution in [1.29, 1.82) is 0 Å². The Morgan fingerprint density at radius 1 is 0.951 bits per heavy atom. The molecule has 6 rings (SSSR count). The maximum Gasteiger partial charge on any atom is 0.416 e. The van der Waals surface area contributed by atoms with Crippen LogP contribution in [0.15, 0.2) is 60.9 Å². The molecule has 216 valence electrons. The molecule has 2 saturated heterocycles. The fourth-order valence-corrected chi connectivity index (χ4v) is 6.18. The average molecular weight is 569 g/mol. The van der Waals surface area contributed by atoms with Crippen molar-refractivity contribution in [2.24, 2.45) is 5.41 Å². The Kier molecular flexibility index (Phi) is 7.08. The van der Waals surface area contributed by atoms with Crippen LogP contribution in [0.3, 0.4) is 0 Å². The number of aromatic nitrogens is 2. The number of nitrogens with one attached hydrogen (secondary N) is 1. The first-order chi connectivity index (χ1) is 19.7. The molecule has 3 aliphatic rings. The summed E-state index contributed by atoms with van der Waals surface area (Å²) in [6, 6.07) is 14.1. The van der Waals surface area contributed by atoms with Crippen LogP contribution in [0.1, 0.15) is 37.7 Å². The minimum absolute atomic E-state index is 0.0579. The number of benzene rings is 2. The maximum atomic E-state index is 12.9. The van der Waals surface area contributed by atoms with Gasteiger partial charge in [-0.3, -0.25) is 10.1 Å². The van der Waals surface area contributed by atoms with Gasteiger partial charge in [-0.2, -0.15) is 13.2 Å². The van der Waals surface area contributed by atoms with Gasteiger partial charge >= 0.3 is 6.18 Å². The number of non-ortho nitro benzene ring substituents is 1. The number of ether oxygens (including phenoxy) is 1. The second-order valence-corrected chi connectivity index (χ2v) is 11.3. The Morgan fingerprint density at radius 2 is 1.63 bits per heavy atom. The highest BCUT2D eigenvalue weighted by Gasteiger charge is 2.48. The lowest BCUT2D eigenvalue weighted by Gasteiger charge is -2.48. The summed E-state index contributed by atoms with van der Waals surface area (Å²) >= 11 is 0. The first-order valence-electron chi connectivity index (χ1n) is 13.8. The number of hydrogen-bond donors (Lipinski definition) is 1. The van der Waals surface area contributed by atoms with Crippen molar-refractivity contribution in [3.63, 3.8) is 0 Å². The highest BCUT2D eigenvalue weighted by molar-refractivity contribution is 5.52. The van der Waals surface area contributed by atoms with E-state index in [0.717, 1.165) is 87.6 Å². The lowest BCUT2D eigenvalue weighted by atomic mass is 9.79. The van der Waals surface area contributed by atoms with Gasteiger partial charge in [0.1, 0.15) is 18.2 Å². The largest absolute Gasteiger partial charge is 0.474 e. The van der Waals surface area contributed by atoms with Crippen LogP contribution in [0.4, 0.5) is 36.1 Å². The molecule has 0 radical (unpaired) electrons. The minimum atomic E-state index is -4.33. The highest BCUT2D eigenvalue weighted by Crippen LogP contribution is 2.43. The molecule has 41 heavy (non-hydrogen) atoms. The molecule has 1 aliphatic carbocycles. The van der Waals surface area contributed by atoms with Crippen LogP contribution in [-0.2, 0) is 6.18 Å². The van der Waals surface area contributed by atoms with E-state index >= 15 is 0 Å². The van der Waals surface area contributed by atoms with Crippen LogP contribution in [0.2, 0.25) is 0 Å². The molecular weight excluding hydrogens is 537 g/mol. The molecule has 9 nitrogen and oxygen atoms in total. The van der Waals surface area contributed by atoms with Gasteiger partial charge in [-0.1, -0.05) is 0 Å². The van der Waals surface area contributed by atoms with Crippen LogP contribution < -0.4 is 19.9 Å². The zero-order valence-electron chi connectivity index (χ0n) is 22.4. The third-order valence-electron chi connectivity index (χ3n) is 8.41. The monoisotopic (exact) mass is 568 g/mol. The van der Waals surface area contributed by atoms with E-state index in [4.69, 9.17) is 4.74 Å². The van der Waals surface area contributed by atoms with Crippen molar-refractivity contribution < 1.29 is 22.8 Å². The number of nitrogens with zero attached hydrogens (tertiary/aromatic N) is 5. The van der Waals surface area contributed by atoms with Gasteiger partial charge in [0, 0.05) is 67.2 Å². The number of nitro groups is 1. The molecule has 1 N–H and O–H groups in total. The molecule has 0 bridgehead atoms. The predicted molar refractivity (Wildman–Crippen MR) is 148 cm³/mol. The van der Waals surface area contributed by atoms with Crippen molar-refractivity contribution in [3.05, 3.63) is 76.6 Å². The molecule has 0 atom stereocenters. The summed E-state index contributed by atoms with van der Waals surface area (Å²) in [5.41, 5.74) is 1.25. The van der Waals surface area contributed by atoms with Gasteiger partial charge < -0.3 is 19.9 Å². The van der Waals surface area contributed by atoms with E-state index < -0.39 is 16.7 Å². The molecule has 2 aliphatic heterocycles. The fourth-order valence-electron chi connectivity index (χ4n) is 6.18. The summed E-state index contributed by atoms with van der Waals surface area (Å²) in [6.45, 7) is 3.29. The smallest absolute Gasteiger partial charge is 0.416 e. The van der Waals surface area contributed by atoms with E-state index in [9.17, 15) is 23.3 Å². The normalized spacial score (nSPS) is 21.9. The Bertz CT molecular complexity index is 1370. The van der Waals surface area contributed by atoms with E-state index in [1.165, 1.54) is 18.5 Å². The van der Waals surface area contributed by atoms with Crippen molar-refractivity contribution in [3.8, 4) is 5.88 Å². The summed E-state index contributed by atoms with van der Waals surface area (Å²) in [6.07, 6.45) is 1.83. The molecular formula is C29H31F3N6O3. The third-order valence-corrected chi connectivity index (χ3v) is 8.41. The average Bonchev–Trinajstić information content (AvgIpc) is 3.40. The summed E-state index contributed by atoms with van der Waals surface area (Å²) in [5.74, 6) is 1.38. The first-order valence-corrected chi connectivity index (χ1v) is 13.8. The molecule has 0 amide bonds. The lowest BCUT2D eigenvalue weighted by Crippen LogP contribution is -2.58. The van der Waals surface area contributed by atoms with Gasteiger partial charge in [-0.25, -0.2) is 9.97 Å². The van der Waals surface area contributed by atoms with Crippen molar-refractivity contribution in [1.82, 2.24) is 9.97 Å². The number of rotatable bonds is 7. The number of hydrogen-bond acceptors (Lipinski definition) is 8. The third kappa shape index (κ3) is 6.01. The fraction of sp³-hybridized carbons (Fsp3) is 0.448. The minimum Gasteiger partial charge on any atom is -0.474 e. The van der Waals surface area contributed by atoms with E-state index in [-0.39, 0.29) is 23.2 Å². The maximum absolute atomic E-state index is 12.9. The Balaban J connectivity index is 0.977. The van der Waals surface area contributed by atoms with Gasteiger partial charge in [0.25, 0.3) is 5.69 Å². The topological polar surface area (TPSA) is 96.7 Å². The second-order valence-electron chi connectivity index (χ2n) is 11.3. The zero-order chi connectivity index (χ0) is 28.6. The van der Waals surface area contributed by atoms with Crippen molar-refractivity contribution >= 4 is 22.9 Å². The molecule has 3 aromatic rings. The lowest BCUT2D eigenvalue weighted by molar-refractivity contribution is -0.384. The number of nitro benzene ring substituents is 1. The van der Waals surface area contributed by atoms with E-state index in [2.05, 4.69) is 25.1 Å². The highest BCUT2D eigenvalue weighted by atomic mass is 19.4. The molecule has 1 aromatic heterocycles. The molecule has 12 heteroatoms. The first kappa shape index (κ1) is 27.1. The predicted octanol–water partition coefficient (Wildman–Crippen LogP) is 5.92. The van der Waals surface area contributed by atoms with Crippen LogP contribution in [-0.4, -0.2) is 53.2 Å². The Hall–Kier alpha value is -4.09. The standard InChI is InChI=1S/C29H31F3N6O3/c30-29(31,32)20-1-7-23(8-2-20)36-14-13-28(16-36)17-37(18-28)26-15-27(34-19-33-26)41-25-11-5-22(6-12-25)35-21-3-9-24(10-4-21)38(39)40/h1-4,7-10,15,19,22,25,35H,5-6,11-14,16-18H2. The molecule has 1 saturated carbocycles. The quantitative estimate of drug-likeness (QED) is 0.277. The SMILES string of the molecule is O=[N+]([O-])c1ccc(NC2CCC(Oc3cc(N4CC5(CCN(c6ccc(C(F)(F)F)cc6)C5)C4)ncn3)CC2)cc1. The molecule has 1 spiro atoms. The van der Waals surface area contributed by atoms with Crippen LogP contribution >= 0.6 is 0 Å². The zero-order valence-corrected chi connectivity index (χ0v) is 22.4. The van der Waals surface area contributed by atoms with Gasteiger partial charge in [0.2, 0.25) is 5.88 Å². The van der Waals surface area contributed by atoms with Crippen LogP contribution in [0, 0.1) is 15.5 Å². The van der Waals surface area contributed by atoms with Crippen LogP contribution in [0.25, 0.3) is 0 Å². The summed E-state index contributed by atoms with van der Waals surface area (Å²) in [5, 5.41) is 14.3. The summed E-state index contributed by atoms with van der Waals surface area (Å²) < 4.78 is 44.9. The van der Waals surface area contributed by atoms with E-state index in [0.29, 0.717) is 5.88 Å². The van der Waals surface area contributed by atoms with Gasteiger partial charge in [0.15, 0.2) is 0 Å². The van der Waals surface area contributed by atoms with Gasteiger partial charge in [-0.15, -0.1) is 0 Å². The van der Waals surface area contributed by atoms with Gasteiger partial charge in [-0.05, 0) is 68.5 Å². The molecule has 3 heterocycles. The number of alkyl halides is 3. The van der Waals surface area contributed by atoms with Gasteiger partial charge in [0.05, 0.1) is 10.5 Å². The van der Waals surface area contributed by atoms with Crippen molar-refractivity contribution in [2.75, 3.05) is 41.3 Å². The number of anilines is 3. The van der Waals surface area contributed by atoms with E-state index in [1.54, 1.807) is 24.3 Å². The molecule has 2 aromatic carbocycles. The van der Waals surface area contributed by atoms with Crippen molar-refractivity contribution in [2.45, 2.75) is 50.4 Å². The Labute approximate surface area is 235 Å². The number of halogens is 3. The summed E-state index contributed by atoms with van der Waals surface area (Å²) in [7, 11) is 0. The van der Waals surface area contributed by atoms with Crippen LogP contribution in [0.5, 0.6) is 5.88 Å². The second kappa shape index (κ2) is 10.7. The molecule has 3 fully saturated rings. The summed E-state index contributed by atoms with van der Waals surface area (Å²) in [4.78, 5) is 23.6.